The van der Waals surface area contributed by atoms with Gasteiger partial charge in [-0.05, 0) is 62.5 Å². The summed E-state index contributed by atoms with van der Waals surface area (Å²) in [5, 5.41) is 7.80. The number of benzene rings is 5. The van der Waals surface area contributed by atoms with Gasteiger partial charge in [-0.25, -0.2) is 0 Å². The van der Waals surface area contributed by atoms with E-state index in [1.165, 1.54) is 49.0 Å². The van der Waals surface area contributed by atoms with Gasteiger partial charge in [0.15, 0.2) is 0 Å². The van der Waals surface area contributed by atoms with Gasteiger partial charge < -0.3 is 4.74 Å². The molecule has 5 aromatic rings. The summed E-state index contributed by atoms with van der Waals surface area (Å²) in [4.78, 5) is 0. The van der Waals surface area contributed by atoms with Crippen LogP contribution < -0.4 is 4.74 Å². The normalized spacial score (nSPS) is 11.3. The molecule has 0 saturated heterocycles. The third-order valence-electron chi connectivity index (χ3n) is 5.40. The van der Waals surface area contributed by atoms with Gasteiger partial charge >= 0.3 is 0 Å². The van der Waals surface area contributed by atoms with E-state index in [2.05, 4.69) is 79.7 Å². The van der Waals surface area contributed by atoms with Crippen LogP contribution in [0.2, 0.25) is 0 Å². The average Bonchev–Trinajstić information content (AvgIpc) is 2.72. The Labute approximate surface area is 158 Å². The van der Waals surface area contributed by atoms with Crippen molar-refractivity contribution in [1.29, 1.82) is 0 Å². The molecule has 0 bridgehead atoms. The fraction of sp³-hybridized carbons (Fsp3) is 0.0769. The van der Waals surface area contributed by atoms with Crippen molar-refractivity contribution in [2.24, 2.45) is 0 Å². The molecule has 0 atom stereocenters. The summed E-state index contributed by atoms with van der Waals surface area (Å²) in [6, 6.07) is 30.5. The summed E-state index contributed by atoms with van der Waals surface area (Å²) in [5.41, 5.74) is 3.75. The standard InChI is InChI=1S/C26H20O/c1-17-6-7-19-8-9-21-11-10-20-4-3-5-23(25(20)26(21)24(19)16-17)18-12-14-22(27-2)15-13-18/h3-16H,1-2H3. The maximum absolute atomic E-state index is 5.33. The molecule has 27 heavy (non-hydrogen) atoms. The van der Waals surface area contributed by atoms with E-state index in [4.69, 9.17) is 4.74 Å². The Bertz CT molecular complexity index is 1290. The highest BCUT2D eigenvalue weighted by atomic mass is 16.5. The van der Waals surface area contributed by atoms with Crippen molar-refractivity contribution < 1.29 is 4.74 Å². The van der Waals surface area contributed by atoms with Crippen molar-refractivity contribution >= 4 is 32.3 Å². The predicted molar refractivity (Wildman–Crippen MR) is 116 cm³/mol. The monoisotopic (exact) mass is 348 g/mol. The molecular weight excluding hydrogens is 328 g/mol. The number of ether oxygens (including phenoxy) is 1. The molecule has 0 amide bonds. The van der Waals surface area contributed by atoms with E-state index in [0.717, 1.165) is 5.75 Å². The fourth-order valence-corrected chi connectivity index (χ4v) is 4.05. The maximum Gasteiger partial charge on any atom is 0.118 e. The minimum absolute atomic E-state index is 0.880. The minimum atomic E-state index is 0.880. The van der Waals surface area contributed by atoms with Crippen LogP contribution in [0.3, 0.4) is 0 Å². The third kappa shape index (κ3) is 2.55. The second kappa shape index (κ2) is 6.14. The highest BCUT2D eigenvalue weighted by Crippen LogP contribution is 2.38. The summed E-state index contributed by atoms with van der Waals surface area (Å²) in [5.74, 6) is 0.880. The third-order valence-corrected chi connectivity index (χ3v) is 5.40. The molecule has 0 aliphatic heterocycles. The Kier molecular flexibility index (Phi) is 3.61. The van der Waals surface area contributed by atoms with E-state index in [0.29, 0.717) is 0 Å². The molecule has 5 aromatic carbocycles. The highest BCUT2D eigenvalue weighted by Gasteiger charge is 2.11. The van der Waals surface area contributed by atoms with Crippen LogP contribution in [0.4, 0.5) is 0 Å². The van der Waals surface area contributed by atoms with Gasteiger partial charge in [-0.3, -0.25) is 0 Å². The van der Waals surface area contributed by atoms with E-state index in [1.807, 2.05) is 12.1 Å². The van der Waals surface area contributed by atoms with Gasteiger partial charge in [0.05, 0.1) is 7.11 Å². The van der Waals surface area contributed by atoms with Gasteiger partial charge in [-0.1, -0.05) is 78.4 Å². The molecule has 130 valence electrons. The lowest BCUT2D eigenvalue weighted by Crippen LogP contribution is -1.87. The van der Waals surface area contributed by atoms with Crippen LogP contribution in [0.25, 0.3) is 43.4 Å². The fourth-order valence-electron chi connectivity index (χ4n) is 4.05. The van der Waals surface area contributed by atoms with Crippen LogP contribution in [0.1, 0.15) is 5.56 Å². The van der Waals surface area contributed by atoms with Crippen molar-refractivity contribution in [3.05, 3.63) is 90.5 Å². The molecule has 0 fully saturated rings. The van der Waals surface area contributed by atoms with Gasteiger partial charge in [-0.2, -0.15) is 0 Å². The van der Waals surface area contributed by atoms with Gasteiger partial charge in [0.2, 0.25) is 0 Å². The van der Waals surface area contributed by atoms with Crippen LogP contribution in [0.15, 0.2) is 84.9 Å². The van der Waals surface area contributed by atoms with Gasteiger partial charge in [-0.15, -0.1) is 0 Å². The molecule has 1 nitrogen and oxygen atoms in total. The number of rotatable bonds is 2. The first kappa shape index (κ1) is 15.9. The topological polar surface area (TPSA) is 9.23 Å². The van der Waals surface area contributed by atoms with Crippen molar-refractivity contribution in [2.75, 3.05) is 7.11 Å². The van der Waals surface area contributed by atoms with E-state index in [9.17, 15) is 0 Å². The second-order valence-corrected chi connectivity index (χ2v) is 7.09. The van der Waals surface area contributed by atoms with Crippen molar-refractivity contribution in [1.82, 2.24) is 0 Å². The SMILES string of the molecule is COc1ccc(-c2cccc3ccc4ccc5ccc(C)cc5c4c23)cc1. The first-order valence-corrected chi connectivity index (χ1v) is 9.24. The van der Waals surface area contributed by atoms with Crippen LogP contribution >= 0.6 is 0 Å². The molecule has 5 rings (SSSR count). The summed E-state index contributed by atoms with van der Waals surface area (Å²) in [6.45, 7) is 2.16. The summed E-state index contributed by atoms with van der Waals surface area (Å²) in [6.07, 6.45) is 0. The zero-order valence-corrected chi connectivity index (χ0v) is 15.5. The van der Waals surface area contributed by atoms with Crippen LogP contribution in [-0.4, -0.2) is 7.11 Å². The summed E-state index contributed by atoms with van der Waals surface area (Å²) < 4.78 is 5.33. The number of hydrogen-bond acceptors (Lipinski definition) is 1. The first-order valence-electron chi connectivity index (χ1n) is 9.24. The Morgan fingerprint density at radius 1 is 0.630 bits per heavy atom. The van der Waals surface area contributed by atoms with Crippen LogP contribution in [0, 0.1) is 6.92 Å². The number of hydrogen-bond donors (Lipinski definition) is 0. The lowest BCUT2D eigenvalue weighted by molar-refractivity contribution is 0.415. The van der Waals surface area contributed by atoms with Gasteiger partial charge in [0.1, 0.15) is 5.75 Å². The van der Waals surface area contributed by atoms with Crippen LogP contribution in [-0.2, 0) is 0 Å². The van der Waals surface area contributed by atoms with Crippen molar-refractivity contribution in [2.45, 2.75) is 6.92 Å². The zero-order valence-electron chi connectivity index (χ0n) is 15.5. The Morgan fingerprint density at radius 2 is 1.30 bits per heavy atom. The van der Waals surface area contributed by atoms with E-state index in [-0.39, 0.29) is 0 Å². The molecule has 0 aliphatic rings. The molecule has 0 N–H and O–H groups in total. The number of aryl methyl sites for hydroxylation is 1. The van der Waals surface area contributed by atoms with Gasteiger partial charge in [0, 0.05) is 0 Å². The molecule has 0 saturated carbocycles. The molecule has 0 spiro atoms. The van der Waals surface area contributed by atoms with E-state index in [1.54, 1.807) is 7.11 Å². The minimum Gasteiger partial charge on any atom is -0.497 e. The molecular formula is C26H20O. The average molecular weight is 348 g/mol. The first-order chi connectivity index (χ1) is 13.2. The molecule has 0 aromatic heterocycles. The van der Waals surface area contributed by atoms with E-state index < -0.39 is 0 Å². The number of fused-ring (bicyclic) bond motifs is 5. The van der Waals surface area contributed by atoms with E-state index >= 15 is 0 Å². The maximum atomic E-state index is 5.33. The molecule has 0 unspecified atom stereocenters. The zero-order chi connectivity index (χ0) is 18.4. The number of methoxy groups -OCH3 is 1. The Hall–Kier alpha value is -3.32. The predicted octanol–water partition coefficient (Wildman–Crippen LogP) is 7.13. The molecule has 0 aliphatic carbocycles. The molecule has 0 radical (unpaired) electrons. The van der Waals surface area contributed by atoms with Crippen LogP contribution in [0.5, 0.6) is 5.75 Å². The Morgan fingerprint density at radius 3 is 2.04 bits per heavy atom. The highest BCUT2D eigenvalue weighted by molar-refractivity contribution is 6.24. The molecule has 0 heterocycles. The Balaban J connectivity index is 1.95. The van der Waals surface area contributed by atoms with Gasteiger partial charge in [0.25, 0.3) is 0 Å². The quantitative estimate of drug-likeness (QED) is 0.308. The smallest absolute Gasteiger partial charge is 0.118 e. The van der Waals surface area contributed by atoms with Crippen molar-refractivity contribution in [3.63, 3.8) is 0 Å². The lowest BCUT2D eigenvalue weighted by Gasteiger charge is -2.13. The lowest BCUT2D eigenvalue weighted by atomic mass is 9.90. The largest absolute Gasteiger partial charge is 0.497 e. The summed E-state index contributed by atoms with van der Waals surface area (Å²) >= 11 is 0. The van der Waals surface area contributed by atoms with Crippen molar-refractivity contribution in [3.8, 4) is 16.9 Å². The molecule has 1 heteroatoms. The summed E-state index contributed by atoms with van der Waals surface area (Å²) in [7, 11) is 1.70. The second-order valence-electron chi connectivity index (χ2n) is 7.09.